The van der Waals surface area contributed by atoms with Gasteiger partial charge in [0.15, 0.2) is 0 Å². The molecule has 1 nitrogen and oxygen atoms in total. The van der Waals surface area contributed by atoms with Gasteiger partial charge in [-0.3, -0.25) is 0 Å². The van der Waals surface area contributed by atoms with E-state index >= 15 is 0 Å². The van der Waals surface area contributed by atoms with Crippen molar-refractivity contribution in [1.82, 2.24) is 0 Å². The van der Waals surface area contributed by atoms with E-state index in [4.69, 9.17) is 4.74 Å². The number of halogens is 2. The number of allylic oxidation sites excluding steroid dienone is 1. The Morgan fingerprint density at radius 1 is 1.31 bits per heavy atom. The lowest BCUT2D eigenvalue weighted by Crippen LogP contribution is -2.53. The highest BCUT2D eigenvalue weighted by atomic mass is 19.3. The molecule has 0 aromatic heterocycles. The van der Waals surface area contributed by atoms with Crippen LogP contribution in [0.5, 0.6) is 0 Å². The predicted octanol–water partition coefficient (Wildman–Crippen LogP) is 2.97. The van der Waals surface area contributed by atoms with Crippen LogP contribution in [0.2, 0.25) is 0 Å². The molecule has 0 bridgehead atoms. The molecule has 2 saturated carbocycles. The van der Waals surface area contributed by atoms with E-state index in [1.54, 1.807) is 13.4 Å². The highest BCUT2D eigenvalue weighted by molar-refractivity contribution is 5.10. The normalized spacial score (nSPS) is 30.1. The summed E-state index contributed by atoms with van der Waals surface area (Å²) in [5, 5.41) is 0. The van der Waals surface area contributed by atoms with Crippen LogP contribution in [-0.4, -0.2) is 13.0 Å². The lowest BCUT2D eigenvalue weighted by Gasteiger charge is -2.56. The van der Waals surface area contributed by atoms with Crippen molar-refractivity contribution in [2.45, 2.75) is 31.6 Å². The zero-order valence-electron chi connectivity index (χ0n) is 7.72. The van der Waals surface area contributed by atoms with Gasteiger partial charge in [0.1, 0.15) is 0 Å². The summed E-state index contributed by atoms with van der Waals surface area (Å²) < 4.78 is 30.0. The fraction of sp³-hybridized carbons (Fsp3) is 0.800. The lowest BCUT2D eigenvalue weighted by molar-refractivity contribution is -0.200. The van der Waals surface area contributed by atoms with E-state index in [0.29, 0.717) is 5.92 Å². The first-order valence-electron chi connectivity index (χ1n) is 4.63. The van der Waals surface area contributed by atoms with E-state index in [9.17, 15) is 8.78 Å². The summed E-state index contributed by atoms with van der Waals surface area (Å²) in [5.74, 6) is -1.90. The Bertz CT molecular complexity index is 219. The Morgan fingerprint density at radius 3 is 2.38 bits per heavy atom. The monoisotopic (exact) mass is 188 g/mol. The fourth-order valence-electron chi connectivity index (χ4n) is 2.71. The van der Waals surface area contributed by atoms with Crippen LogP contribution in [0.1, 0.15) is 25.7 Å². The van der Waals surface area contributed by atoms with Crippen LogP contribution in [0.4, 0.5) is 8.78 Å². The van der Waals surface area contributed by atoms with Crippen molar-refractivity contribution < 1.29 is 13.5 Å². The summed E-state index contributed by atoms with van der Waals surface area (Å²) >= 11 is 0. The lowest BCUT2D eigenvalue weighted by atomic mass is 9.50. The molecule has 2 aliphatic rings. The summed E-state index contributed by atoms with van der Waals surface area (Å²) in [7, 11) is 1.60. The molecule has 0 atom stereocenters. The number of rotatable bonds is 2. The predicted molar refractivity (Wildman–Crippen MR) is 45.5 cm³/mol. The maximum Gasteiger partial charge on any atom is 0.249 e. The summed E-state index contributed by atoms with van der Waals surface area (Å²) in [5.41, 5.74) is -0.00769. The standard InChI is InChI=1S/C10H14F2O/c1-13-3-2-8-4-9(5-8)6-10(11,12)7-9/h2-3,8H,4-7H2,1H3/b3-2-. The molecule has 2 rings (SSSR count). The zero-order chi connectivity index (χ0) is 9.53. The van der Waals surface area contributed by atoms with Gasteiger partial charge in [0, 0.05) is 12.8 Å². The van der Waals surface area contributed by atoms with Crippen molar-refractivity contribution in [3.63, 3.8) is 0 Å². The van der Waals surface area contributed by atoms with E-state index in [-0.39, 0.29) is 18.3 Å². The molecular weight excluding hydrogens is 174 g/mol. The minimum atomic E-state index is -2.37. The van der Waals surface area contributed by atoms with Gasteiger partial charge in [0.2, 0.25) is 5.92 Å². The molecule has 0 heterocycles. The van der Waals surface area contributed by atoms with Gasteiger partial charge in [-0.05, 0) is 30.3 Å². The quantitative estimate of drug-likeness (QED) is 0.605. The first kappa shape index (κ1) is 8.97. The van der Waals surface area contributed by atoms with Crippen LogP contribution in [0.25, 0.3) is 0 Å². The van der Waals surface area contributed by atoms with Gasteiger partial charge in [0.25, 0.3) is 0 Å². The number of ether oxygens (including phenoxy) is 1. The maximum absolute atomic E-state index is 12.6. The summed E-state index contributed by atoms with van der Waals surface area (Å²) in [6, 6.07) is 0. The maximum atomic E-state index is 12.6. The van der Waals surface area contributed by atoms with Crippen LogP contribution in [0, 0.1) is 11.3 Å². The third-order valence-electron chi connectivity index (χ3n) is 3.14. The molecule has 0 N–H and O–H groups in total. The first-order valence-corrected chi connectivity index (χ1v) is 4.63. The van der Waals surface area contributed by atoms with Gasteiger partial charge in [-0.25, -0.2) is 8.78 Å². The third-order valence-corrected chi connectivity index (χ3v) is 3.14. The second kappa shape index (κ2) is 2.69. The molecular formula is C10H14F2O. The molecule has 0 aliphatic heterocycles. The molecule has 2 aliphatic carbocycles. The first-order chi connectivity index (χ1) is 6.05. The zero-order valence-corrected chi connectivity index (χ0v) is 7.72. The summed E-state index contributed by atoms with van der Waals surface area (Å²) in [4.78, 5) is 0. The highest BCUT2D eigenvalue weighted by Crippen LogP contribution is 2.64. The van der Waals surface area contributed by atoms with Crippen molar-refractivity contribution in [2.24, 2.45) is 11.3 Å². The molecule has 0 aromatic carbocycles. The van der Waals surface area contributed by atoms with Gasteiger partial charge < -0.3 is 4.74 Å². The van der Waals surface area contributed by atoms with Crippen molar-refractivity contribution in [1.29, 1.82) is 0 Å². The van der Waals surface area contributed by atoms with Crippen molar-refractivity contribution in [2.75, 3.05) is 7.11 Å². The van der Waals surface area contributed by atoms with Crippen LogP contribution in [0.15, 0.2) is 12.3 Å². The topological polar surface area (TPSA) is 9.23 Å². The molecule has 0 aromatic rings. The Balaban J connectivity index is 1.77. The molecule has 0 amide bonds. The van der Waals surface area contributed by atoms with E-state index in [1.165, 1.54) is 0 Å². The van der Waals surface area contributed by atoms with E-state index in [1.807, 2.05) is 6.08 Å². The third kappa shape index (κ3) is 1.56. The molecule has 0 radical (unpaired) electrons. The average Bonchev–Trinajstić information content (AvgIpc) is 1.91. The van der Waals surface area contributed by atoms with Gasteiger partial charge in [-0.1, -0.05) is 0 Å². The van der Waals surface area contributed by atoms with Crippen LogP contribution in [0.3, 0.4) is 0 Å². The van der Waals surface area contributed by atoms with Crippen molar-refractivity contribution >= 4 is 0 Å². The summed E-state index contributed by atoms with van der Waals surface area (Å²) in [6.45, 7) is 0. The second-order valence-electron chi connectivity index (χ2n) is 4.44. The smallest absolute Gasteiger partial charge is 0.249 e. The van der Waals surface area contributed by atoms with Crippen molar-refractivity contribution in [3.05, 3.63) is 12.3 Å². The Labute approximate surface area is 76.8 Å². The van der Waals surface area contributed by atoms with E-state index < -0.39 is 5.92 Å². The molecule has 1 spiro atoms. The summed E-state index contributed by atoms with van der Waals surface area (Å²) in [6.07, 6.45) is 5.68. The van der Waals surface area contributed by atoms with Gasteiger partial charge in [-0.2, -0.15) is 0 Å². The second-order valence-corrected chi connectivity index (χ2v) is 4.44. The molecule has 2 fully saturated rings. The van der Waals surface area contributed by atoms with Crippen molar-refractivity contribution in [3.8, 4) is 0 Å². The SMILES string of the molecule is CO/C=C\C1CC2(C1)CC(F)(F)C2. The van der Waals surface area contributed by atoms with Crippen LogP contribution < -0.4 is 0 Å². The number of hydrogen-bond acceptors (Lipinski definition) is 1. The minimum absolute atomic E-state index is 0.00769. The number of alkyl halides is 2. The van der Waals surface area contributed by atoms with E-state index in [0.717, 1.165) is 12.8 Å². The number of methoxy groups -OCH3 is 1. The Kier molecular flexibility index (Phi) is 1.86. The Hall–Kier alpha value is -0.600. The van der Waals surface area contributed by atoms with Crippen LogP contribution in [-0.2, 0) is 4.74 Å². The molecule has 0 saturated heterocycles. The molecule has 74 valence electrons. The average molecular weight is 188 g/mol. The van der Waals surface area contributed by atoms with E-state index in [2.05, 4.69) is 0 Å². The molecule has 13 heavy (non-hydrogen) atoms. The highest BCUT2D eigenvalue weighted by Gasteiger charge is 2.61. The van der Waals surface area contributed by atoms with Gasteiger partial charge >= 0.3 is 0 Å². The van der Waals surface area contributed by atoms with Crippen LogP contribution >= 0.6 is 0 Å². The fourth-order valence-corrected chi connectivity index (χ4v) is 2.71. The largest absolute Gasteiger partial charge is 0.505 e. The molecule has 0 unspecified atom stereocenters. The molecule has 3 heteroatoms. The number of hydrogen-bond donors (Lipinski definition) is 0. The minimum Gasteiger partial charge on any atom is -0.505 e. The van der Waals surface area contributed by atoms with Gasteiger partial charge in [0.05, 0.1) is 13.4 Å². The Morgan fingerprint density at radius 2 is 1.92 bits per heavy atom. The van der Waals surface area contributed by atoms with Gasteiger partial charge in [-0.15, -0.1) is 0 Å².